The molecule has 0 spiro atoms. The van der Waals surface area contributed by atoms with E-state index in [1.807, 2.05) is 6.07 Å². The summed E-state index contributed by atoms with van der Waals surface area (Å²) < 4.78 is 0. The third-order valence-corrected chi connectivity index (χ3v) is 8.61. The van der Waals surface area contributed by atoms with Crippen LogP contribution < -0.4 is 21.7 Å². The Kier molecular flexibility index (Phi) is 8.07. The van der Waals surface area contributed by atoms with Crippen LogP contribution in [0.4, 0.5) is 0 Å². The zero-order valence-corrected chi connectivity index (χ0v) is 20.4. The quantitative estimate of drug-likeness (QED) is 0.317. The van der Waals surface area contributed by atoms with Crippen molar-refractivity contribution in [2.24, 2.45) is 5.73 Å². The number of rotatable bonds is 9. The highest BCUT2D eigenvalue weighted by Crippen LogP contribution is 2.34. The first-order valence-electron chi connectivity index (χ1n) is 11.6. The summed E-state index contributed by atoms with van der Waals surface area (Å²) >= 11 is 0. The molecule has 2 atom stereocenters. The summed E-state index contributed by atoms with van der Waals surface area (Å²) in [6.07, 6.45) is 1.06. The molecule has 0 radical (unpaired) electrons. The van der Waals surface area contributed by atoms with Gasteiger partial charge in [0.05, 0.1) is 6.04 Å². The summed E-state index contributed by atoms with van der Waals surface area (Å²) in [4.78, 5) is 0. The number of benzene rings is 4. The Morgan fingerprint density at radius 3 is 1.58 bits per heavy atom. The predicted octanol–water partition coefficient (Wildman–Crippen LogP) is 5.77. The molecule has 0 aromatic heterocycles. The summed E-state index contributed by atoms with van der Waals surface area (Å²) in [5, 5.41) is 6.66. The van der Waals surface area contributed by atoms with Crippen molar-refractivity contribution in [1.29, 1.82) is 0 Å². The van der Waals surface area contributed by atoms with Gasteiger partial charge in [-0.05, 0) is 49.7 Å². The number of nitrogens with one attached hydrogen (secondary N) is 1. The van der Waals surface area contributed by atoms with Crippen molar-refractivity contribution in [1.82, 2.24) is 5.32 Å². The van der Waals surface area contributed by atoms with Gasteiger partial charge in [0, 0.05) is 12.6 Å². The van der Waals surface area contributed by atoms with Crippen LogP contribution in [0.25, 0.3) is 0 Å². The fourth-order valence-electron chi connectivity index (χ4n) is 4.17. The van der Waals surface area contributed by atoms with E-state index in [-0.39, 0.29) is 12.1 Å². The molecule has 3 N–H and O–H groups in total. The monoisotopic (exact) mass is 452 g/mol. The lowest BCUT2D eigenvalue weighted by Gasteiger charge is -2.27. The highest BCUT2D eigenvalue weighted by atomic mass is 31.1. The van der Waals surface area contributed by atoms with E-state index >= 15 is 0 Å². The SMILES string of the molecule is Cc1ccc(P(CCNC(c2ccccc2)C(N)c2ccccc2)c2ccc(C)cc2)cc1. The van der Waals surface area contributed by atoms with E-state index < -0.39 is 7.92 Å². The molecule has 4 rings (SSSR count). The van der Waals surface area contributed by atoms with Crippen LogP contribution in [0, 0.1) is 13.8 Å². The first-order valence-corrected chi connectivity index (χ1v) is 13.1. The summed E-state index contributed by atoms with van der Waals surface area (Å²) in [6, 6.07) is 39.0. The normalized spacial score (nSPS) is 13.1. The second-order valence-corrected chi connectivity index (χ2v) is 10.9. The number of nitrogens with two attached hydrogens (primary N) is 1. The second-order valence-electron chi connectivity index (χ2n) is 8.60. The van der Waals surface area contributed by atoms with Gasteiger partial charge in [0.1, 0.15) is 0 Å². The standard InChI is InChI=1S/C30H33N2P/c1-23-13-17-27(18-14-23)33(28-19-15-24(2)16-20-28)22-21-32-30(26-11-7-4-8-12-26)29(31)25-9-5-3-6-10-25/h3-20,29-30,32H,21-22,31H2,1-2H3. The van der Waals surface area contributed by atoms with Crippen molar-refractivity contribution in [3.63, 3.8) is 0 Å². The fourth-order valence-corrected chi connectivity index (χ4v) is 6.35. The molecule has 4 aromatic rings. The van der Waals surface area contributed by atoms with Gasteiger partial charge in [0.25, 0.3) is 0 Å². The average molecular weight is 453 g/mol. The van der Waals surface area contributed by atoms with Gasteiger partial charge in [-0.15, -0.1) is 0 Å². The van der Waals surface area contributed by atoms with Crippen LogP contribution in [0.15, 0.2) is 109 Å². The lowest BCUT2D eigenvalue weighted by molar-refractivity contribution is 0.466. The Labute approximate surface area is 199 Å². The zero-order valence-electron chi connectivity index (χ0n) is 19.5. The van der Waals surface area contributed by atoms with Crippen LogP contribution in [-0.4, -0.2) is 12.7 Å². The molecule has 33 heavy (non-hydrogen) atoms. The van der Waals surface area contributed by atoms with E-state index in [2.05, 4.69) is 122 Å². The van der Waals surface area contributed by atoms with Crippen LogP contribution >= 0.6 is 7.92 Å². The van der Waals surface area contributed by atoms with Gasteiger partial charge in [0.15, 0.2) is 0 Å². The lowest BCUT2D eigenvalue weighted by Crippen LogP contribution is -2.34. The fraction of sp³-hybridized carbons (Fsp3) is 0.200. The van der Waals surface area contributed by atoms with E-state index in [1.54, 1.807) is 0 Å². The van der Waals surface area contributed by atoms with Crippen LogP contribution in [-0.2, 0) is 0 Å². The van der Waals surface area contributed by atoms with Crippen LogP contribution in [0.5, 0.6) is 0 Å². The van der Waals surface area contributed by atoms with E-state index in [0.29, 0.717) is 0 Å². The number of hydrogen-bond acceptors (Lipinski definition) is 2. The molecule has 168 valence electrons. The summed E-state index contributed by atoms with van der Waals surface area (Å²) in [6.45, 7) is 5.19. The first-order chi connectivity index (χ1) is 16.1. The van der Waals surface area contributed by atoms with E-state index in [9.17, 15) is 0 Å². The summed E-state index contributed by atoms with van der Waals surface area (Å²) in [5.74, 6) is 0. The molecule has 0 saturated heterocycles. The molecule has 2 nitrogen and oxygen atoms in total. The van der Waals surface area contributed by atoms with Crippen molar-refractivity contribution in [3.8, 4) is 0 Å². The Morgan fingerprint density at radius 2 is 1.09 bits per heavy atom. The van der Waals surface area contributed by atoms with Gasteiger partial charge in [-0.25, -0.2) is 0 Å². The van der Waals surface area contributed by atoms with Crippen LogP contribution in [0.1, 0.15) is 34.3 Å². The maximum absolute atomic E-state index is 6.79. The molecule has 0 aliphatic carbocycles. The van der Waals surface area contributed by atoms with Crippen molar-refractivity contribution >= 4 is 18.5 Å². The molecule has 3 heteroatoms. The molecule has 2 unspecified atom stereocenters. The Hall–Kier alpha value is -2.77. The summed E-state index contributed by atoms with van der Waals surface area (Å²) in [5.41, 5.74) is 11.8. The van der Waals surface area contributed by atoms with Gasteiger partial charge >= 0.3 is 0 Å². The topological polar surface area (TPSA) is 38.0 Å². The highest BCUT2D eigenvalue weighted by Gasteiger charge is 2.22. The minimum Gasteiger partial charge on any atom is -0.322 e. The molecule has 0 aliphatic rings. The van der Waals surface area contributed by atoms with Crippen molar-refractivity contribution in [2.75, 3.05) is 12.7 Å². The zero-order chi connectivity index (χ0) is 23.0. The molecular weight excluding hydrogens is 419 g/mol. The molecule has 4 aromatic carbocycles. The first kappa shape index (κ1) is 23.4. The maximum Gasteiger partial charge on any atom is 0.0516 e. The molecule has 0 heterocycles. The minimum atomic E-state index is -0.452. The number of aryl methyl sites for hydroxylation is 2. The molecular formula is C30H33N2P. The third-order valence-electron chi connectivity index (χ3n) is 6.09. The Bertz CT molecular complexity index is 1060. The Morgan fingerprint density at radius 1 is 0.636 bits per heavy atom. The minimum absolute atomic E-state index is 0.0569. The maximum atomic E-state index is 6.79. The lowest BCUT2D eigenvalue weighted by atomic mass is 9.94. The molecule has 0 bridgehead atoms. The molecule has 0 aliphatic heterocycles. The molecule has 0 fully saturated rings. The van der Waals surface area contributed by atoms with Gasteiger partial charge in [-0.3, -0.25) is 0 Å². The largest absolute Gasteiger partial charge is 0.322 e. The second kappa shape index (κ2) is 11.4. The van der Waals surface area contributed by atoms with Gasteiger partial charge < -0.3 is 11.1 Å². The van der Waals surface area contributed by atoms with Crippen molar-refractivity contribution < 1.29 is 0 Å². The van der Waals surface area contributed by atoms with Gasteiger partial charge in [-0.1, -0.05) is 120 Å². The van der Waals surface area contributed by atoms with Crippen molar-refractivity contribution in [3.05, 3.63) is 131 Å². The highest BCUT2D eigenvalue weighted by molar-refractivity contribution is 7.73. The predicted molar refractivity (Wildman–Crippen MR) is 144 cm³/mol. The average Bonchev–Trinajstić information content (AvgIpc) is 2.86. The van der Waals surface area contributed by atoms with E-state index in [4.69, 9.17) is 5.73 Å². The molecule has 0 amide bonds. The Balaban J connectivity index is 1.55. The van der Waals surface area contributed by atoms with Gasteiger partial charge in [-0.2, -0.15) is 0 Å². The molecule has 0 saturated carbocycles. The third kappa shape index (κ3) is 6.18. The van der Waals surface area contributed by atoms with E-state index in [1.165, 1.54) is 27.3 Å². The smallest absolute Gasteiger partial charge is 0.0516 e. The van der Waals surface area contributed by atoms with Crippen LogP contribution in [0.3, 0.4) is 0 Å². The summed E-state index contributed by atoms with van der Waals surface area (Å²) in [7, 11) is -0.452. The van der Waals surface area contributed by atoms with Crippen LogP contribution in [0.2, 0.25) is 0 Å². The van der Waals surface area contributed by atoms with E-state index in [0.717, 1.165) is 18.3 Å². The van der Waals surface area contributed by atoms with Crippen molar-refractivity contribution in [2.45, 2.75) is 25.9 Å². The number of hydrogen-bond donors (Lipinski definition) is 2. The van der Waals surface area contributed by atoms with Gasteiger partial charge in [0.2, 0.25) is 0 Å².